The molecule has 0 amide bonds. The van der Waals surface area contributed by atoms with Crippen molar-refractivity contribution in [1.82, 2.24) is 9.55 Å². The lowest BCUT2D eigenvalue weighted by molar-refractivity contribution is -0.0208. The molecule has 0 spiro atoms. The van der Waals surface area contributed by atoms with Crippen molar-refractivity contribution in [2.24, 2.45) is 5.92 Å². The second-order valence-electron chi connectivity index (χ2n) is 10.6. The first-order valence-corrected chi connectivity index (χ1v) is 14.4. The van der Waals surface area contributed by atoms with Gasteiger partial charge < -0.3 is 14.3 Å². The zero-order chi connectivity index (χ0) is 25.9. The summed E-state index contributed by atoms with van der Waals surface area (Å²) in [6, 6.07) is 20.9. The molecular formula is C28H36N2O5Si. The van der Waals surface area contributed by atoms with Crippen molar-refractivity contribution in [3.8, 4) is 0 Å². The van der Waals surface area contributed by atoms with E-state index in [9.17, 15) is 14.7 Å². The molecule has 2 N–H and O–H groups in total. The molecule has 36 heavy (non-hydrogen) atoms. The van der Waals surface area contributed by atoms with Crippen molar-refractivity contribution in [1.29, 1.82) is 0 Å². The summed E-state index contributed by atoms with van der Waals surface area (Å²) in [7, 11) is -2.73. The Bertz CT molecular complexity index is 1230. The first-order valence-electron chi connectivity index (χ1n) is 12.5. The first-order chi connectivity index (χ1) is 17.2. The number of hydrogen-bond donors (Lipinski definition) is 2. The average molecular weight is 509 g/mol. The number of nitrogens with zero attached hydrogens (tertiary/aromatic N) is 1. The number of aromatic amines is 1. The van der Waals surface area contributed by atoms with Crippen LogP contribution >= 0.6 is 0 Å². The van der Waals surface area contributed by atoms with Gasteiger partial charge in [-0.05, 0) is 28.8 Å². The number of aryl methyl sites for hydroxylation is 1. The van der Waals surface area contributed by atoms with Gasteiger partial charge in [-0.2, -0.15) is 0 Å². The molecule has 4 rings (SSSR count). The molecule has 2 aromatic carbocycles. The van der Waals surface area contributed by atoms with Crippen LogP contribution in [0, 0.1) is 12.8 Å². The summed E-state index contributed by atoms with van der Waals surface area (Å²) in [5.74, 6) is -0.0251. The lowest BCUT2D eigenvalue weighted by Gasteiger charge is -2.43. The van der Waals surface area contributed by atoms with Crippen molar-refractivity contribution in [2.75, 3.05) is 13.2 Å². The summed E-state index contributed by atoms with van der Waals surface area (Å²) >= 11 is 0. The Balaban J connectivity index is 1.69. The van der Waals surface area contributed by atoms with E-state index in [1.165, 1.54) is 14.9 Å². The monoisotopic (exact) mass is 508 g/mol. The molecule has 1 aliphatic heterocycles. The molecule has 8 heteroatoms. The molecule has 0 radical (unpaired) electrons. The van der Waals surface area contributed by atoms with Gasteiger partial charge >= 0.3 is 5.69 Å². The molecule has 192 valence electrons. The number of ether oxygens (including phenoxy) is 1. The molecule has 2 heterocycles. The van der Waals surface area contributed by atoms with Crippen LogP contribution in [0.3, 0.4) is 0 Å². The van der Waals surface area contributed by atoms with Gasteiger partial charge in [0.1, 0.15) is 6.23 Å². The van der Waals surface area contributed by atoms with Crippen LogP contribution in [0.5, 0.6) is 0 Å². The summed E-state index contributed by atoms with van der Waals surface area (Å²) in [4.78, 5) is 26.7. The number of aliphatic hydroxyl groups excluding tert-OH is 1. The highest BCUT2D eigenvalue weighted by molar-refractivity contribution is 6.99. The van der Waals surface area contributed by atoms with Crippen molar-refractivity contribution < 1.29 is 14.3 Å². The number of rotatable bonds is 8. The van der Waals surface area contributed by atoms with E-state index >= 15 is 0 Å². The normalized spacial score (nSPS) is 20.5. The number of hydrogen-bond acceptors (Lipinski definition) is 5. The molecule has 0 aliphatic carbocycles. The number of benzene rings is 2. The van der Waals surface area contributed by atoms with E-state index in [0.29, 0.717) is 25.0 Å². The van der Waals surface area contributed by atoms with Crippen molar-refractivity contribution >= 4 is 18.7 Å². The number of nitrogens with one attached hydrogen (secondary N) is 1. The van der Waals surface area contributed by atoms with Gasteiger partial charge in [0, 0.05) is 37.3 Å². The molecule has 7 nitrogen and oxygen atoms in total. The molecule has 0 saturated carbocycles. The predicted octanol–water partition coefficient (Wildman–Crippen LogP) is 2.71. The first kappa shape index (κ1) is 26.3. The molecular weight excluding hydrogens is 472 g/mol. The van der Waals surface area contributed by atoms with Gasteiger partial charge in [0.05, 0.1) is 6.10 Å². The van der Waals surface area contributed by atoms with Gasteiger partial charge in [-0.1, -0.05) is 81.4 Å². The second kappa shape index (κ2) is 10.7. The fourth-order valence-corrected chi connectivity index (χ4v) is 9.98. The van der Waals surface area contributed by atoms with Crippen molar-refractivity contribution in [2.45, 2.75) is 57.9 Å². The van der Waals surface area contributed by atoms with Crippen LogP contribution in [0.4, 0.5) is 0 Å². The summed E-state index contributed by atoms with van der Waals surface area (Å²) in [5.41, 5.74) is -0.441. The Morgan fingerprint density at radius 2 is 1.64 bits per heavy atom. The summed E-state index contributed by atoms with van der Waals surface area (Å²) < 4.78 is 14.8. The van der Waals surface area contributed by atoms with Crippen LogP contribution in [0.1, 0.15) is 45.4 Å². The van der Waals surface area contributed by atoms with E-state index in [4.69, 9.17) is 9.16 Å². The van der Waals surface area contributed by atoms with Crippen LogP contribution in [-0.2, 0) is 9.16 Å². The van der Waals surface area contributed by atoms with Crippen LogP contribution in [0.25, 0.3) is 0 Å². The number of aliphatic hydroxyl groups is 1. The Labute approximate surface area is 212 Å². The van der Waals surface area contributed by atoms with Gasteiger partial charge in [-0.25, -0.2) is 4.79 Å². The maximum atomic E-state index is 12.5. The van der Waals surface area contributed by atoms with E-state index in [-0.39, 0.29) is 23.7 Å². The van der Waals surface area contributed by atoms with E-state index in [1.807, 2.05) is 12.1 Å². The standard InChI is InChI=1S/C28H36N2O5Si/c1-20-18-30(27(33)29-26(20)32)25-17-21(24(35-25)15-16-31)19-34-36(28(2,3)4,22-11-7-5-8-12-22)23-13-9-6-10-14-23/h5-14,18,21,24-25,31H,15-17,19H2,1-4H3,(H,29,32,33)/t21-,24-,25-/m1/s1. The summed E-state index contributed by atoms with van der Waals surface area (Å²) in [6.07, 6.45) is 1.75. The second-order valence-corrected chi connectivity index (χ2v) is 14.9. The Morgan fingerprint density at radius 3 is 2.17 bits per heavy atom. The number of aromatic nitrogens is 2. The molecule has 1 fully saturated rings. The molecule has 1 saturated heterocycles. The molecule has 1 aromatic heterocycles. The van der Waals surface area contributed by atoms with E-state index in [1.54, 1.807) is 13.1 Å². The molecule has 0 unspecified atom stereocenters. The Morgan fingerprint density at radius 1 is 1.06 bits per heavy atom. The van der Waals surface area contributed by atoms with Crippen LogP contribution in [0.2, 0.25) is 5.04 Å². The fourth-order valence-electron chi connectivity index (χ4n) is 5.36. The number of H-pyrrole nitrogens is 1. The highest BCUT2D eigenvalue weighted by atomic mass is 28.4. The zero-order valence-electron chi connectivity index (χ0n) is 21.4. The molecule has 1 aliphatic rings. The van der Waals surface area contributed by atoms with Crippen LogP contribution in [0.15, 0.2) is 76.4 Å². The molecule has 3 aromatic rings. The van der Waals surface area contributed by atoms with Gasteiger partial charge in [0.25, 0.3) is 13.9 Å². The van der Waals surface area contributed by atoms with Gasteiger partial charge in [-0.3, -0.25) is 14.3 Å². The SMILES string of the molecule is Cc1cn([C@H]2C[C@H](CO[Si](c3ccccc3)(c3ccccc3)C(C)(C)C)[C@@H](CCO)O2)c(=O)[nH]c1=O. The van der Waals surface area contributed by atoms with Gasteiger partial charge in [0.15, 0.2) is 0 Å². The molecule has 0 bridgehead atoms. The smallest absolute Gasteiger partial charge is 0.330 e. The van der Waals surface area contributed by atoms with Crippen LogP contribution < -0.4 is 21.6 Å². The van der Waals surface area contributed by atoms with Gasteiger partial charge in [-0.15, -0.1) is 0 Å². The quantitative estimate of drug-likeness (QED) is 0.457. The van der Waals surface area contributed by atoms with Crippen molar-refractivity contribution in [3.63, 3.8) is 0 Å². The molecule has 3 atom stereocenters. The van der Waals surface area contributed by atoms with Crippen molar-refractivity contribution in [3.05, 3.63) is 93.3 Å². The third-order valence-electron chi connectivity index (χ3n) is 7.16. The Kier molecular flexibility index (Phi) is 7.80. The third kappa shape index (κ3) is 5.04. The lowest BCUT2D eigenvalue weighted by Crippen LogP contribution is -2.67. The minimum Gasteiger partial charge on any atom is -0.407 e. The fraction of sp³-hybridized carbons (Fsp3) is 0.429. The lowest BCUT2D eigenvalue weighted by atomic mass is 10.00. The largest absolute Gasteiger partial charge is 0.407 e. The highest BCUT2D eigenvalue weighted by Gasteiger charge is 2.51. The van der Waals surface area contributed by atoms with Crippen LogP contribution in [-0.4, -0.2) is 42.3 Å². The van der Waals surface area contributed by atoms with Gasteiger partial charge in [0.2, 0.25) is 0 Å². The topological polar surface area (TPSA) is 93.6 Å². The summed E-state index contributed by atoms with van der Waals surface area (Å²) in [6.45, 7) is 8.79. The van der Waals surface area contributed by atoms with E-state index < -0.39 is 25.8 Å². The highest BCUT2D eigenvalue weighted by Crippen LogP contribution is 2.40. The van der Waals surface area contributed by atoms with E-state index in [0.717, 1.165) is 0 Å². The van der Waals surface area contributed by atoms with E-state index in [2.05, 4.69) is 74.3 Å². The minimum atomic E-state index is -2.73. The Hall–Kier alpha value is -2.78. The average Bonchev–Trinajstić information content (AvgIpc) is 3.25. The maximum Gasteiger partial charge on any atom is 0.330 e. The minimum absolute atomic E-state index is 0.0212. The summed E-state index contributed by atoms with van der Waals surface area (Å²) in [5, 5.41) is 12.0. The third-order valence-corrected chi connectivity index (χ3v) is 12.2. The zero-order valence-corrected chi connectivity index (χ0v) is 22.4. The predicted molar refractivity (Wildman–Crippen MR) is 143 cm³/mol. The maximum absolute atomic E-state index is 12.5.